The second-order valence-corrected chi connectivity index (χ2v) is 5.90. The molecule has 0 aliphatic rings. The van der Waals surface area contributed by atoms with E-state index in [1.165, 1.54) is 12.1 Å². The maximum absolute atomic E-state index is 14.5. The SMILES string of the molecule is O=Cc1cc2snnc2c(F)c1Nc1ccc(OC(F)(F)F)cc1Cl. The number of hydrogen-bond acceptors (Lipinski definition) is 6. The highest BCUT2D eigenvalue weighted by atomic mass is 35.5. The van der Waals surface area contributed by atoms with E-state index in [0.717, 1.165) is 23.7 Å². The molecule has 25 heavy (non-hydrogen) atoms. The van der Waals surface area contributed by atoms with Crippen molar-refractivity contribution in [1.29, 1.82) is 0 Å². The van der Waals surface area contributed by atoms with Gasteiger partial charge in [0, 0.05) is 11.6 Å². The van der Waals surface area contributed by atoms with Crippen molar-refractivity contribution in [2.45, 2.75) is 6.36 Å². The van der Waals surface area contributed by atoms with Crippen LogP contribution in [0.5, 0.6) is 5.75 Å². The molecular weight excluding hydrogens is 386 g/mol. The van der Waals surface area contributed by atoms with Crippen LogP contribution < -0.4 is 10.1 Å². The van der Waals surface area contributed by atoms with E-state index in [-0.39, 0.29) is 27.5 Å². The fourth-order valence-corrected chi connectivity index (χ4v) is 2.88. The van der Waals surface area contributed by atoms with Crippen LogP contribution in [-0.4, -0.2) is 22.2 Å². The van der Waals surface area contributed by atoms with Gasteiger partial charge in [-0.2, -0.15) is 0 Å². The molecule has 5 nitrogen and oxygen atoms in total. The Bertz CT molecular complexity index is 961. The zero-order valence-electron chi connectivity index (χ0n) is 11.9. The lowest BCUT2D eigenvalue weighted by Crippen LogP contribution is -2.17. The first-order chi connectivity index (χ1) is 11.8. The van der Waals surface area contributed by atoms with Crippen molar-refractivity contribution in [3.05, 3.63) is 40.7 Å². The minimum Gasteiger partial charge on any atom is -0.406 e. The lowest BCUT2D eigenvalue weighted by Gasteiger charge is -2.14. The van der Waals surface area contributed by atoms with Crippen molar-refractivity contribution >= 4 is 51.0 Å². The highest BCUT2D eigenvalue weighted by molar-refractivity contribution is 7.13. The lowest BCUT2D eigenvalue weighted by molar-refractivity contribution is -0.274. The number of carbonyl (C=O) groups excluding carboxylic acids is 1. The Morgan fingerprint density at radius 3 is 2.68 bits per heavy atom. The molecule has 0 fully saturated rings. The van der Waals surface area contributed by atoms with Crippen LogP contribution in [0.4, 0.5) is 28.9 Å². The number of benzene rings is 2. The third-order valence-corrected chi connectivity index (χ3v) is 4.06. The molecule has 11 heteroatoms. The van der Waals surface area contributed by atoms with E-state index in [2.05, 4.69) is 19.6 Å². The Morgan fingerprint density at radius 2 is 2.04 bits per heavy atom. The van der Waals surface area contributed by atoms with Gasteiger partial charge in [-0.15, -0.1) is 18.3 Å². The van der Waals surface area contributed by atoms with Crippen molar-refractivity contribution < 1.29 is 27.1 Å². The van der Waals surface area contributed by atoms with Crippen LogP contribution in [0, 0.1) is 5.82 Å². The molecule has 0 amide bonds. The summed E-state index contributed by atoms with van der Waals surface area (Å²) in [5.74, 6) is -1.35. The van der Waals surface area contributed by atoms with Crippen LogP contribution in [0.1, 0.15) is 10.4 Å². The highest BCUT2D eigenvalue weighted by Gasteiger charge is 2.31. The van der Waals surface area contributed by atoms with Gasteiger partial charge in [-0.05, 0) is 29.7 Å². The maximum atomic E-state index is 14.5. The fraction of sp³-hybridized carbons (Fsp3) is 0.0714. The number of ether oxygens (including phenoxy) is 1. The second-order valence-electron chi connectivity index (χ2n) is 4.71. The summed E-state index contributed by atoms with van der Waals surface area (Å²) >= 11 is 6.83. The molecule has 0 bridgehead atoms. The van der Waals surface area contributed by atoms with Gasteiger partial charge in [0.1, 0.15) is 11.3 Å². The van der Waals surface area contributed by atoms with Gasteiger partial charge in [-0.3, -0.25) is 4.79 Å². The van der Waals surface area contributed by atoms with Gasteiger partial charge in [-0.1, -0.05) is 16.1 Å². The highest BCUT2D eigenvalue weighted by Crippen LogP contribution is 2.35. The largest absolute Gasteiger partial charge is 0.573 e. The predicted octanol–water partition coefficient (Wildman–Crippen LogP) is 4.94. The van der Waals surface area contributed by atoms with Crippen LogP contribution in [0.3, 0.4) is 0 Å². The summed E-state index contributed by atoms with van der Waals surface area (Å²) in [4.78, 5) is 11.2. The van der Waals surface area contributed by atoms with E-state index in [1.807, 2.05) is 0 Å². The van der Waals surface area contributed by atoms with E-state index in [1.54, 1.807) is 0 Å². The summed E-state index contributed by atoms with van der Waals surface area (Å²) in [6.07, 6.45) is -4.43. The number of carbonyl (C=O) groups is 1. The number of fused-ring (bicyclic) bond motifs is 1. The summed E-state index contributed by atoms with van der Waals surface area (Å²) in [7, 11) is 0. The quantitative estimate of drug-likeness (QED) is 0.504. The Morgan fingerprint density at radius 1 is 1.28 bits per heavy atom. The lowest BCUT2D eigenvalue weighted by atomic mass is 10.1. The Kier molecular flexibility index (Phi) is 4.48. The van der Waals surface area contributed by atoms with E-state index in [0.29, 0.717) is 11.0 Å². The zero-order valence-corrected chi connectivity index (χ0v) is 13.5. The number of nitrogens with zero attached hydrogens (tertiary/aromatic N) is 2. The Balaban J connectivity index is 1.98. The first-order valence-corrected chi connectivity index (χ1v) is 7.65. The molecular formula is C14H6ClF4N3O2S. The summed E-state index contributed by atoms with van der Waals surface area (Å²) in [5.41, 5.74) is -0.170. The average Bonchev–Trinajstić information content (AvgIpc) is 2.99. The van der Waals surface area contributed by atoms with Crippen LogP contribution in [0.25, 0.3) is 10.2 Å². The summed E-state index contributed by atoms with van der Waals surface area (Å²) in [5, 5.41) is 6.07. The van der Waals surface area contributed by atoms with Gasteiger partial charge in [0.2, 0.25) is 0 Å². The molecule has 0 spiro atoms. The minimum atomic E-state index is -4.86. The topological polar surface area (TPSA) is 64.1 Å². The van der Waals surface area contributed by atoms with Gasteiger partial charge in [0.25, 0.3) is 0 Å². The first-order valence-electron chi connectivity index (χ1n) is 6.50. The van der Waals surface area contributed by atoms with E-state index in [4.69, 9.17) is 11.6 Å². The van der Waals surface area contributed by atoms with Crippen LogP contribution in [-0.2, 0) is 0 Å². The van der Waals surface area contributed by atoms with Gasteiger partial charge < -0.3 is 10.1 Å². The second kappa shape index (κ2) is 6.45. The van der Waals surface area contributed by atoms with Crippen LogP contribution in [0.2, 0.25) is 5.02 Å². The molecule has 2 aromatic carbocycles. The molecule has 1 N–H and O–H groups in total. The molecule has 0 aliphatic carbocycles. The molecule has 0 aliphatic heterocycles. The minimum absolute atomic E-state index is 0.0114. The summed E-state index contributed by atoms with van der Waals surface area (Å²) < 4.78 is 58.9. The number of rotatable bonds is 4. The molecule has 130 valence electrons. The molecule has 0 unspecified atom stereocenters. The molecule has 0 saturated carbocycles. The zero-order chi connectivity index (χ0) is 18.2. The van der Waals surface area contributed by atoms with Gasteiger partial charge in [0.05, 0.1) is 21.1 Å². The van der Waals surface area contributed by atoms with Crippen LogP contribution in [0.15, 0.2) is 24.3 Å². The fourth-order valence-electron chi connectivity index (χ4n) is 2.05. The number of anilines is 2. The number of aromatic nitrogens is 2. The maximum Gasteiger partial charge on any atom is 0.573 e. The predicted molar refractivity (Wildman–Crippen MR) is 84.2 cm³/mol. The first kappa shape index (κ1) is 17.4. The molecule has 0 atom stereocenters. The smallest absolute Gasteiger partial charge is 0.406 e. The normalized spacial score (nSPS) is 11.6. The monoisotopic (exact) mass is 391 g/mol. The van der Waals surface area contributed by atoms with Crippen molar-refractivity contribution in [3.8, 4) is 5.75 Å². The van der Waals surface area contributed by atoms with E-state index < -0.39 is 17.9 Å². The van der Waals surface area contributed by atoms with Gasteiger partial charge in [0.15, 0.2) is 12.1 Å². The van der Waals surface area contributed by atoms with Crippen molar-refractivity contribution in [1.82, 2.24) is 9.59 Å². The van der Waals surface area contributed by atoms with Gasteiger partial charge >= 0.3 is 6.36 Å². The third-order valence-electron chi connectivity index (χ3n) is 3.08. The Labute approximate surface area is 146 Å². The van der Waals surface area contributed by atoms with Gasteiger partial charge in [-0.25, -0.2) is 4.39 Å². The van der Waals surface area contributed by atoms with Crippen molar-refractivity contribution in [3.63, 3.8) is 0 Å². The number of hydrogen-bond donors (Lipinski definition) is 1. The number of alkyl halides is 3. The molecule has 0 radical (unpaired) electrons. The van der Waals surface area contributed by atoms with Crippen molar-refractivity contribution in [2.75, 3.05) is 5.32 Å². The molecule has 1 aromatic heterocycles. The third kappa shape index (κ3) is 3.64. The van der Waals surface area contributed by atoms with Crippen LogP contribution >= 0.6 is 23.1 Å². The van der Waals surface area contributed by atoms with Crippen molar-refractivity contribution in [2.24, 2.45) is 0 Å². The van der Waals surface area contributed by atoms with E-state index >= 15 is 0 Å². The number of aldehydes is 1. The van der Waals surface area contributed by atoms with E-state index in [9.17, 15) is 22.4 Å². The molecule has 3 aromatic rings. The molecule has 3 rings (SSSR count). The number of halogens is 5. The molecule has 1 heterocycles. The Hall–Kier alpha value is -2.46. The average molecular weight is 392 g/mol. The molecule has 0 saturated heterocycles. The number of nitrogens with one attached hydrogen (secondary N) is 1. The standard InChI is InChI=1S/C14H6ClF4N3O2S/c15-8-4-7(24-14(17,18)19)1-2-9(8)20-12-6(5-23)3-10-13(11(12)16)21-22-25-10/h1-5,20H. The summed E-state index contributed by atoms with van der Waals surface area (Å²) in [6.45, 7) is 0. The summed E-state index contributed by atoms with van der Waals surface area (Å²) in [6, 6.07) is 4.48.